The Morgan fingerprint density at radius 3 is 2.57 bits per heavy atom. The molecule has 1 saturated carbocycles. The van der Waals surface area contributed by atoms with Crippen molar-refractivity contribution < 1.29 is 14.0 Å². The highest BCUT2D eigenvalue weighted by Gasteiger charge is 2.35. The summed E-state index contributed by atoms with van der Waals surface area (Å²) in [5, 5.41) is 7.68. The van der Waals surface area contributed by atoms with Gasteiger partial charge in [-0.3, -0.25) is 14.5 Å². The van der Waals surface area contributed by atoms with Crippen LogP contribution in [0, 0.1) is 5.82 Å². The molecule has 1 aliphatic carbocycles. The molecule has 4 aromatic rings. The topological polar surface area (TPSA) is 100 Å². The van der Waals surface area contributed by atoms with Gasteiger partial charge in [0.25, 0.3) is 11.7 Å². The van der Waals surface area contributed by atoms with Crippen LogP contribution in [-0.2, 0) is 4.79 Å². The maximum atomic E-state index is 14.8. The number of rotatable bonds is 5. The number of H-pyrrole nitrogens is 1. The van der Waals surface area contributed by atoms with Crippen molar-refractivity contribution in [2.24, 2.45) is 0 Å². The molecule has 2 atom stereocenters. The van der Waals surface area contributed by atoms with Gasteiger partial charge in [-0.15, -0.1) is 5.10 Å². The number of aromatic amines is 1. The van der Waals surface area contributed by atoms with E-state index in [2.05, 4.69) is 49.4 Å². The second-order valence-electron chi connectivity index (χ2n) is 9.76. The summed E-state index contributed by atoms with van der Waals surface area (Å²) in [6.07, 6.45) is 10.2. The van der Waals surface area contributed by atoms with E-state index >= 15 is 0 Å². The zero-order chi connectivity index (χ0) is 25.4. The van der Waals surface area contributed by atoms with Gasteiger partial charge >= 0.3 is 0 Å². The van der Waals surface area contributed by atoms with E-state index in [4.69, 9.17) is 0 Å². The molecule has 4 heterocycles. The van der Waals surface area contributed by atoms with Crippen molar-refractivity contribution in [2.45, 2.75) is 37.6 Å². The number of nitrogens with one attached hydrogen (secondary N) is 1. The summed E-state index contributed by atoms with van der Waals surface area (Å²) in [5.41, 5.74) is 1.66. The molecule has 1 amide bonds. The maximum Gasteiger partial charge on any atom is 0.295 e. The van der Waals surface area contributed by atoms with Gasteiger partial charge in [0.2, 0.25) is 0 Å². The number of hydrogen-bond donors (Lipinski definition) is 1. The number of piperazine rings is 1. The number of ketones is 1. The first-order valence-electron chi connectivity index (χ1n) is 12.8. The highest BCUT2D eigenvalue weighted by atomic mass is 19.1. The number of carbonyl (C=O) groups excluding carboxylic acids is 2. The fraction of sp³-hybridized carbons (Fsp3) is 0.370. The summed E-state index contributed by atoms with van der Waals surface area (Å²) in [5.74, 6) is -1.22. The molecule has 1 N–H and O–H groups in total. The number of Topliss-reactive ketones (excluding diaryl/α,β-unsaturated/α-hetero) is 1. The normalized spacial score (nSPS) is 20.8. The van der Waals surface area contributed by atoms with E-state index < -0.39 is 17.5 Å². The van der Waals surface area contributed by atoms with Crippen LogP contribution in [0.15, 0.2) is 55.1 Å². The number of halogens is 1. The molecule has 0 bridgehead atoms. The molecule has 0 radical (unpaired) electrons. The predicted molar refractivity (Wildman–Crippen MR) is 135 cm³/mol. The van der Waals surface area contributed by atoms with Gasteiger partial charge in [0, 0.05) is 38.4 Å². The van der Waals surface area contributed by atoms with E-state index in [1.807, 2.05) is 6.07 Å². The van der Waals surface area contributed by atoms with E-state index in [1.54, 1.807) is 11.1 Å². The number of nitrogens with zero attached hydrogens (tertiary/aromatic N) is 6. The van der Waals surface area contributed by atoms with E-state index in [0.29, 0.717) is 30.9 Å². The smallest absolute Gasteiger partial charge is 0.295 e. The van der Waals surface area contributed by atoms with Crippen LogP contribution in [-0.4, -0.2) is 78.7 Å². The fourth-order valence-electron chi connectivity index (χ4n) is 5.92. The number of pyridine rings is 1. The molecule has 2 fully saturated rings. The molecule has 2 aliphatic rings. The molecule has 6 rings (SSSR count). The molecular formula is C27H28FN7O2. The molecule has 37 heavy (non-hydrogen) atoms. The Bertz CT molecular complexity index is 1410. The average molecular weight is 502 g/mol. The third-order valence-electron chi connectivity index (χ3n) is 7.75. The second-order valence-corrected chi connectivity index (χ2v) is 9.76. The van der Waals surface area contributed by atoms with Gasteiger partial charge in [-0.1, -0.05) is 48.4 Å². The van der Waals surface area contributed by atoms with E-state index in [9.17, 15) is 14.0 Å². The molecule has 1 aromatic carbocycles. The van der Waals surface area contributed by atoms with E-state index in [0.717, 1.165) is 25.7 Å². The van der Waals surface area contributed by atoms with Gasteiger partial charge in [0.15, 0.2) is 11.6 Å². The third-order valence-corrected chi connectivity index (χ3v) is 7.75. The minimum atomic E-state index is -0.728. The molecule has 3 aromatic heterocycles. The molecule has 0 unspecified atom stereocenters. The summed E-state index contributed by atoms with van der Waals surface area (Å²) in [6.45, 7) is 2.38. The Morgan fingerprint density at radius 2 is 1.81 bits per heavy atom. The summed E-state index contributed by atoms with van der Waals surface area (Å²) < 4.78 is 16.2. The van der Waals surface area contributed by atoms with E-state index in [1.165, 1.54) is 41.9 Å². The van der Waals surface area contributed by atoms with Crippen LogP contribution in [0.25, 0.3) is 16.7 Å². The Morgan fingerprint density at radius 1 is 1.03 bits per heavy atom. The van der Waals surface area contributed by atoms with Crippen molar-refractivity contribution in [3.8, 4) is 5.82 Å². The monoisotopic (exact) mass is 501 g/mol. The van der Waals surface area contributed by atoms with Gasteiger partial charge < -0.3 is 9.88 Å². The number of benzene rings is 1. The van der Waals surface area contributed by atoms with Crippen LogP contribution in [0.1, 0.15) is 47.5 Å². The zero-order valence-corrected chi connectivity index (χ0v) is 20.4. The van der Waals surface area contributed by atoms with Gasteiger partial charge in [0.05, 0.1) is 35.1 Å². The van der Waals surface area contributed by atoms with Crippen molar-refractivity contribution >= 4 is 22.6 Å². The summed E-state index contributed by atoms with van der Waals surface area (Å²) in [4.78, 5) is 37.5. The lowest BCUT2D eigenvalue weighted by molar-refractivity contribution is -0.128. The SMILES string of the molecule is O=C(C(=O)N1CCN([C@H]2CCCC[C@H]2c2ccccc2)CC1)c1c[nH]c2c(-n3ccnn3)ncc(F)c12. The average Bonchev–Trinajstić information content (AvgIpc) is 3.65. The van der Waals surface area contributed by atoms with Gasteiger partial charge in [-0.25, -0.2) is 14.1 Å². The minimum Gasteiger partial charge on any atom is -0.357 e. The highest BCUT2D eigenvalue weighted by Crippen LogP contribution is 2.36. The number of aromatic nitrogens is 5. The lowest BCUT2D eigenvalue weighted by Crippen LogP contribution is -2.54. The Kier molecular flexibility index (Phi) is 6.25. The Hall–Kier alpha value is -3.92. The lowest BCUT2D eigenvalue weighted by atomic mass is 9.79. The molecule has 1 aliphatic heterocycles. The molecule has 1 saturated heterocycles. The Balaban J connectivity index is 1.17. The zero-order valence-electron chi connectivity index (χ0n) is 20.4. The van der Waals surface area contributed by atoms with Gasteiger partial charge in [-0.2, -0.15) is 0 Å². The third kappa shape index (κ3) is 4.31. The second kappa shape index (κ2) is 9.85. The number of fused-ring (bicyclic) bond motifs is 1. The number of hydrogen-bond acceptors (Lipinski definition) is 6. The van der Waals surface area contributed by atoms with Crippen LogP contribution < -0.4 is 0 Å². The quantitative estimate of drug-likeness (QED) is 0.333. The molecule has 9 nitrogen and oxygen atoms in total. The summed E-state index contributed by atoms with van der Waals surface area (Å²) in [7, 11) is 0. The van der Waals surface area contributed by atoms with Gasteiger partial charge in [-0.05, 0) is 24.3 Å². The lowest BCUT2D eigenvalue weighted by Gasteiger charge is -2.44. The van der Waals surface area contributed by atoms with Crippen LogP contribution in [0.2, 0.25) is 0 Å². The van der Waals surface area contributed by atoms with E-state index in [-0.39, 0.29) is 16.5 Å². The summed E-state index contributed by atoms with van der Waals surface area (Å²) in [6, 6.07) is 11.1. The standard InChI is InChI=1S/C27H28FN7O2/c28-21-17-30-26(35-11-10-31-32-35)24-23(21)20(16-29-24)25(36)27(37)34-14-12-33(13-15-34)22-9-5-4-8-19(22)18-6-2-1-3-7-18/h1-3,6-7,10-11,16-17,19,22,29H,4-5,8-9,12-15H2/t19-,22-/m0/s1. The number of carbonyl (C=O) groups is 2. The van der Waals surface area contributed by atoms with Crippen LogP contribution in [0.3, 0.4) is 0 Å². The number of amides is 1. The molecule has 190 valence electrons. The fourth-order valence-corrected chi connectivity index (χ4v) is 5.92. The first kappa shape index (κ1) is 23.5. The maximum absolute atomic E-state index is 14.8. The van der Waals surface area contributed by atoms with Crippen LogP contribution in [0.5, 0.6) is 0 Å². The predicted octanol–water partition coefficient (Wildman–Crippen LogP) is 3.34. The Labute approximate surface area is 213 Å². The van der Waals surface area contributed by atoms with Crippen molar-refractivity contribution in [1.29, 1.82) is 0 Å². The first-order valence-corrected chi connectivity index (χ1v) is 12.8. The molecule has 0 spiro atoms. The highest BCUT2D eigenvalue weighted by molar-refractivity contribution is 6.45. The van der Waals surface area contributed by atoms with Crippen molar-refractivity contribution in [3.05, 3.63) is 72.1 Å². The minimum absolute atomic E-state index is 0.000108. The van der Waals surface area contributed by atoms with Crippen LogP contribution >= 0.6 is 0 Å². The molecule has 10 heteroatoms. The summed E-state index contributed by atoms with van der Waals surface area (Å²) >= 11 is 0. The largest absolute Gasteiger partial charge is 0.357 e. The first-order chi connectivity index (χ1) is 18.1. The van der Waals surface area contributed by atoms with Crippen molar-refractivity contribution in [1.82, 2.24) is 34.8 Å². The van der Waals surface area contributed by atoms with Gasteiger partial charge in [0.1, 0.15) is 0 Å². The molecular weight excluding hydrogens is 473 g/mol. The van der Waals surface area contributed by atoms with Crippen molar-refractivity contribution in [2.75, 3.05) is 26.2 Å². The van der Waals surface area contributed by atoms with Crippen LogP contribution in [0.4, 0.5) is 4.39 Å². The van der Waals surface area contributed by atoms with Crippen molar-refractivity contribution in [3.63, 3.8) is 0 Å².